The largest absolute Gasteiger partial charge is 0.433 e. The van der Waals surface area contributed by atoms with Crippen LogP contribution in [0, 0.1) is 10.1 Å². The number of nitrogens with zero attached hydrogens (tertiary/aromatic N) is 3. The van der Waals surface area contributed by atoms with Crippen LogP contribution in [-0.2, 0) is 11.2 Å². The summed E-state index contributed by atoms with van der Waals surface area (Å²) in [5.41, 5.74) is 0. The van der Waals surface area contributed by atoms with Crippen molar-refractivity contribution in [2.75, 3.05) is 26.8 Å². The monoisotopic (exact) mass is 298 g/mol. The van der Waals surface area contributed by atoms with Gasteiger partial charge in [-0.15, -0.1) is 10.2 Å². The van der Waals surface area contributed by atoms with Crippen LogP contribution < -0.4 is 5.32 Å². The molecule has 0 amide bonds. The molecule has 9 heteroatoms. The van der Waals surface area contributed by atoms with Crippen molar-refractivity contribution in [1.29, 1.82) is 0 Å². The molecule has 0 aromatic carbocycles. The van der Waals surface area contributed by atoms with E-state index in [1.54, 1.807) is 7.11 Å². The van der Waals surface area contributed by atoms with Crippen molar-refractivity contribution in [3.05, 3.63) is 27.3 Å². The lowest BCUT2D eigenvalue weighted by atomic mass is 10.4. The molecular weight excluding hydrogens is 284 g/mol. The lowest BCUT2D eigenvalue weighted by Gasteiger charge is -2.00. The van der Waals surface area contributed by atoms with Gasteiger partial charge < -0.3 is 14.5 Å². The Bertz CT molecular complexity index is 568. The molecule has 2 aromatic heterocycles. The maximum atomic E-state index is 10.5. The summed E-state index contributed by atoms with van der Waals surface area (Å²) in [6.07, 6.45) is 0.740. The molecule has 0 aliphatic heterocycles. The van der Waals surface area contributed by atoms with Gasteiger partial charge in [0.05, 0.1) is 12.7 Å². The molecule has 108 valence electrons. The number of ether oxygens (including phenoxy) is 1. The van der Waals surface area contributed by atoms with Crippen molar-refractivity contribution >= 4 is 17.2 Å². The molecule has 0 atom stereocenters. The van der Waals surface area contributed by atoms with Gasteiger partial charge in [-0.25, -0.2) is 0 Å². The van der Waals surface area contributed by atoms with Gasteiger partial charge in [0.2, 0.25) is 0 Å². The maximum absolute atomic E-state index is 10.5. The second-order valence-electron chi connectivity index (χ2n) is 3.89. The normalized spacial score (nSPS) is 10.8. The van der Waals surface area contributed by atoms with E-state index in [4.69, 9.17) is 9.15 Å². The molecule has 20 heavy (non-hydrogen) atoms. The maximum Gasteiger partial charge on any atom is 0.433 e. The Balaban J connectivity index is 1.89. The highest BCUT2D eigenvalue weighted by Gasteiger charge is 2.16. The van der Waals surface area contributed by atoms with Gasteiger partial charge in [-0.05, 0) is 6.07 Å². The van der Waals surface area contributed by atoms with E-state index in [2.05, 4.69) is 15.5 Å². The third-order valence-electron chi connectivity index (χ3n) is 2.45. The standard InChI is InChI=1S/C11H14N4O4S/c1-18-7-6-12-5-4-9-13-14-11(20-9)8-2-3-10(19-8)15(16)17/h2-3,12H,4-7H2,1H3. The lowest BCUT2D eigenvalue weighted by molar-refractivity contribution is -0.401. The van der Waals surface area contributed by atoms with Gasteiger partial charge >= 0.3 is 5.88 Å². The van der Waals surface area contributed by atoms with Crippen LogP contribution in [0.3, 0.4) is 0 Å². The number of nitro groups is 1. The van der Waals surface area contributed by atoms with Crippen molar-refractivity contribution in [1.82, 2.24) is 15.5 Å². The molecular formula is C11H14N4O4S. The van der Waals surface area contributed by atoms with Gasteiger partial charge in [-0.1, -0.05) is 11.3 Å². The SMILES string of the molecule is COCCNCCc1nnc(-c2ccc([N+](=O)[O-])o2)s1. The van der Waals surface area contributed by atoms with Crippen molar-refractivity contribution < 1.29 is 14.1 Å². The number of rotatable bonds is 8. The smallest absolute Gasteiger partial charge is 0.398 e. The Morgan fingerprint density at radius 2 is 2.30 bits per heavy atom. The average molecular weight is 298 g/mol. The van der Waals surface area contributed by atoms with Crippen LogP contribution in [0.2, 0.25) is 0 Å². The predicted molar refractivity (Wildman–Crippen MR) is 72.7 cm³/mol. The predicted octanol–water partition coefficient (Wildman–Crippen LogP) is 1.48. The Labute approximate surface area is 118 Å². The van der Waals surface area contributed by atoms with Crippen molar-refractivity contribution in [2.24, 2.45) is 0 Å². The molecule has 2 heterocycles. The minimum atomic E-state index is -0.578. The first-order valence-electron chi connectivity index (χ1n) is 5.97. The first kappa shape index (κ1) is 14.6. The number of furan rings is 1. The molecule has 0 saturated heterocycles. The van der Waals surface area contributed by atoms with Crippen LogP contribution in [0.4, 0.5) is 5.88 Å². The second kappa shape index (κ2) is 7.08. The quantitative estimate of drug-likeness (QED) is 0.447. The van der Waals surface area contributed by atoms with E-state index in [0.29, 0.717) is 17.4 Å². The van der Waals surface area contributed by atoms with Crippen molar-refractivity contribution in [3.8, 4) is 10.8 Å². The first-order chi connectivity index (χ1) is 9.70. The third kappa shape index (κ3) is 3.83. The summed E-state index contributed by atoms with van der Waals surface area (Å²) in [6, 6.07) is 2.84. The highest BCUT2D eigenvalue weighted by molar-refractivity contribution is 7.14. The average Bonchev–Trinajstić information content (AvgIpc) is 3.07. The molecule has 0 fully saturated rings. The van der Waals surface area contributed by atoms with Gasteiger partial charge in [0.1, 0.15) is 9.93 Å². The Morgan fingerprint density at radius 3 is 3.00 bits per heavy atom. The topological polar surface area (TPSA) is 103 Å². The molecule has 0 unspecified atom stereocenters. The minimum absolute atomic E-state index is 0.294. The summed E-state index contributed by atoms with van der Waals surface area (Å²) in [7, 11) is 1.65. The number of aromatic nitrogens is 2. The fourth-order valence-electron chi connectivity index (χ4n) is 1.49. The summed E-state index contributed by atoms with van der Waals surface area (Å²) < 4.78 is 10.0. The van der Waals surface area contributed by atoms with E-state index >= 15 is 0 Å². The van der Waals surface area contributed by atoms with E-state index in [-0.39, 0.29) is 5.88 Å². The molecule has 0 saturated carbocycles. The minimum Gasteiger partial charge on any atom is -0.398 e. The number of hydrogen-bond donors (Lipinski definition) is 1. The summed E-state index contributed by atoms with van der Waals surface area (Å²) in [4.78, 5) is 9.96. The Kier molecular flexibility index (Phi) is 5.16. The van der Waals surface area contributed by atoms with Crippen LogP contribution in [-0.4, -0.2) is 41.9 Å². The fourth-order valence-corrected chi connectivity index (χ4v) is 2.29. The van der Waals surface area contributed by atoms with Crippen LogP contribution in [0.25, 0.3) is 10.8 Å². The van der Waals surface area contributed by atoms with Gasteiger partial charge in [-0.3, -0.25) is 10.1 Å². The van der Waals surface area contributed by atoms with Crippen molar-refractivity contribution in [2.45, 2.75) is 6.42 Å². The Morgan fingerprint density at radius 1 is 1.45 bits per heavy atom. The van der Waals surface area contributed by atoms with Gasteiger partial charge in [-0.2, -0.15) is 0 Å². The second-order valence-corrected chi connectivity index (χ2v) is 4.95. The lowest BCUT2D eigenvalue weighted by Crippen LogP contribution is -2.21. The van der Waals surface area contributed by atoms with Gasteiger partial charge in [0, 0.05) is 26.6 Å². The summed E-state index contributed by atoms with van der Waals surface area (Å²) in [5, 5.41) is 23.1. The van der Waals surface area contributed by atoms with E-state index in [1.807, 2.05) is 0 Å². The third-order valence-corrected chi connectivity index (χ3v) is 3.45. The molecule has 0 radical (unpaired) electrons. The van der Waals surface area contributed by atoms with E-state index in [9.17, 15) is 10.1 Å². The summed E-state index contributed by atoms with van der Waals surface area (Å²) >= 11 is 1.36. The molecule has 0 aliphatic rings. The van der Waals surface area contributed by atoms with Gasteiger partial charge in [0.25, 0.3) is 0 Å². The molecule has 1 N–H and O–H groups in total. The van der Waals surface area contributed by atoms with Gasteiger partial charge in [0.15, 0.2) is 10.8 Å². The van der Waals surface area contributed by atoms with Crippen LogP contribution >= 0.6 is 11.3 Å². The van der Waals surface area contributed by atoms with Crippen LogP contribution in [0.1, 0.15) is 5.01 Å². The number of methoxy groups -OCH3 is 1. The van der Waals surface area contributed by atoms with Crippen molar-refractivity contribution in [3.63, 3.8) is 0 Å². The molecule has 2 aromatic rings. The number of nitrogens with one attached hydrogen (secondary N) is 1. The van der Waals surface area contributed by atoms with E-state index in [0.717, 1.165) is 24.5 Å². The van der Waals surface area contributed by atoms with Crippen LogP contribution in [0.15, 0.2) is 16.5 Å². The highest BCUT2D eigenvalue weighted by Crippen LogP contribution is 2.28. The zero-order chi connectivity index (χ0) is 14.4. The summed E-state index contributed by atoms with van der Waals surface area (Å²) in [6.45, 7) is 2.22. The molecule has 0 bridgehead atoms. The zero-order valence-corrected chi connectivity index (χ0v) is 11.7. The highest BCUT2D eigenvalue weighted by atomic mass is 32.1. The fraction of sp³-hybridized carbons (Fsp3) is 0.455. The molecule has 8 nitrogen and oxygen atoms in total. The molecule has 0 aliphatic carbocycles. The Hall–Kier alpha value is -1.84. The van der Waals surface area contributed by atoms with E-state index in [1.165, 1.54) is 23.5 Å². The molecule has 0 spiro atoms. The summed E-state index contributed by atoms with van der Waals surface area (Å²) in [5.74, 6) is 0.0748. The first-order valence-corrected chi connectivity index (χ1v) is 6.79. The molecule has 2 rings (SSSR count). The van der Waals surface area contributed by atoms with Crippen LogP contribution in [0.5, 0.6) is 0 Å². The zero-order valence-electron chi connectivity index (χ0n) is 10.9. The number of hydrogen-bond acceptors (Lipinski definition) is 8. The van der Waals surface area contributed by atoms with E-state index < -0.39 is 4.92 Å².